The van der Waals surface area contributed by atoms with Gasteiger partial charge in [-0.3, -0.25) is 0 Å². The van der Waals surface area contributed by atoms with E-state index in [9.17, 15) is 0 Å². The van der Waals surface area contributed by atoms with Crippen LogP contribution in [-0.4, -0.2) is 9.49 Å². The predicted molar refractivity (Wildman–Crippen MR) is 83.7 cm³/mol. The van der Waals surface area contributed by atoms with Crippen LogP contribution in [0.5, 0.6) is 0 Å². The number of halogens is 4. The van der Waals surface area contributed by atoms with Gasteiger partial charge in [0.2, 0.25) is 0 Å². The Labute approximate surface area is 118 Å². The molecular formula is C8H12Br4N2Sn. The summed E-state index contributed by atoms with van der Waals surface area (Å²) in [6.07, 6.45) is 0. The minimum absolute atomic E-state index is 0.577. The van der Waals surface area contributed by atoms with Gasteiger partial charge in [-0.25, -0.2) is 0 Å². The van der Waals surface area contributed by atoms with Gasteiger partial charge in [-0.1, -0.05) is 24.3 Å². The predicted octanol–water partition coefficient (Wildman–Crippen LogP) is 3.61. The van der Waals surface area contributed by atoms with Crippen molar-refractivity contribution in [2.45, 2.75) is 13.1 Å². The van der Waals surface area contributed by atoms with E-state index in [0.717, 1.165) is 11.1 Å². The molecule has 0 bridgehead atoms. The van der Waals surface area contributed by atoms with E-state index in [1.165, 1.54) is 0 Å². The van der Waals surface area contributed by atoms with E-state index >= 15 is 0 Å². The molecule has 0 fully saturated rings. The molecule has 0 aliphatic rings. The van der Waals surface area contributed by atoms with Crippen LogP contribution in [0.15, 0.2) is 24.3 Å². The summed E-state index contributed by atoms with van der Waals surface area (Å²) in [6, 6.07) is 7.95. The molecule has 0 aliphatic carbocycles. The van der Waals surface area contributed by atoms with Gasteiger partial charge >= 0.3 is 60.3 Å². The molecule has 4 N–H and O–H groups in total. The average molecular weight is 575 g/mol. The minimum atomic E-state index is -1.93. The van der Waals surface area contributed by atoms with Crippen molar-refractivity contribution in [2.75, 3.05) is 0 Å². The van der Waals surface area contributed by atoms with Gasteiger partial charge in [0.25, 0.3) is 0 Å². The summed E-state index contributed by atoms with van der Waals surface area (Å²) in [5, 5.41) is 0. The molecule has 0 heterocycles. The van der Waals surface area contributed by atoms with Gasteiger partial charge in [0, 0.05) is 13.1 Å². The van der Waals surface area contributed by atoms with Gasteiger partial charge in [-0.2, -0.15) is 0 Å². The van der Waals surface area contributed by atoms with Crippen molar-refractivity contribution < 1.29 is 0 Å². The van der Waals surface area contributed by atoms with Crippen molar-refractivity contribution in [1.82, 2.24) is 0 Å². The molecule has 15 heavy (non-hydrogen) atoms. The van der Waals surface area contributed by atoms with Crippen LogP contribution in [0.3, 0.4) is 0 Å². The van der Waals surface area contributed by atoms with Gasteiger partial charge in [-0.05, 0) is 11.1 Å². The second-order valence-corrected chi connectivity index (χ2v) is 79.8. The molecule has 0 saturated heterocycles. The Morgan fingerprint density at radius 2 is 1.13 bits per heavy atom. The molecule has 0 atom stereocenters. The molecule has 2 nitrogen and oxygen atoms in total. The molecule has 1 aromatic carbocycles. The second kappa shape index (κ2) is 8.88. The number of hydrogen-bond donors (Lipinski definition) is 2. The Morgan fingerprint density at radius 3 is 1.33 bits per heavy atom. The van der Waals surface area contributed by atoms with Crippen molar-refractivity contribution in [3.8, 4) is 0 Å². The Kier molecular flexibility index (Phi) is 9.98. The van der Waals surface area contributed by atoms with Crippen molar-refractivity contribution in [3.05, 3.63) is 35.4 Å². The maximum absolute atomic E-state index is 5.47. The molecular weight excluding hydrogens is 562 g/mol. The fraction of sp³-hybridized carbons (Fsp3) is 0.250. The standard InChI is InChI=1S/C8H12N2.4BrH.Sn/c9-5-7-3-1-2-4-8(7)6-10;;;;;/h1-4H,5-6,9-10H2;4*1H;/q;;;;;+4/p-4. The van der Waals surface area contributed by atoms with Crippen molar-refractivity contribution in [2.24, 2.45) is 11.5 Å². The fourth-order valence-electron chi connectivity index (χ4n) is 0.956. The zero-order valence-electron chi connectivity index (χ0n) is 7.89. The SMILES string of the molecule is NCc1ccccc1CN.[Br][Sn]([Br])([Br])[Br]. The molecule has 0 amide bonds. The molecule has 86 valence electrons. The van der Waals surface area contributed by atoms with Crippen LogP contribution >= 0.6 is 50.8 Å². The van der Waals surface area contributed by atoms with Crippen LogP contribution in [0.2, 0.25) is 0 Å². The van der Waals surface area contributed by atoms with E-state index in [1.54, 1.807) is 0 Å². The average Bonchev–Trinajstić information content (AvgIpc) is 2.15. The van der Waals surface area contributed by atoms with E-state index in [4.69, 9.17) is 11.5 Å². The summed E-state index contributed by atoms with van der Waals surface area (Å²) in [5.74, 6) is 0. The molecule has 0 spiro atoms. The van der Waals surface area contributed by atoms with Gasteiger partial charge < -0.3 is 11.5 Å². The zero-order chi connectivity index (χ0) is 11.9. The Balaban J connectivity index is 0.000000336. The number of benzene rings is 1. The maximum atomic E-state index is 5.47. The zero-order valence-corrected chi connectivity index (χ0v) is 17.1. The van der Waals surface area contributed by atoms with Crippen LogP contribution in [0.25, 0.3) is 0 Å². The first-order valence-electron chi connectivity index (χ1n) is 4.11. The third-order valence-electron chi connectivity index (χ3n) is 1.56. The van der Waals surface area contributed by atoms with Crippen LogP contribution in [0.1, 0.15) is 11.1 Å². The number of hydrogen-bond acceptors (Lipinski definition) is 2. The first-order chi connectivity index (χ1) is 6.88. The summed E-state index contributed by atoms with van der Waals surface area (Å²) >= 11 is 13.3. The summed E-state index contributed by atoms with van der Waals surface area (Å²) in [4.78, 5) is 0. The first kappa shape index (κ1) is 16.9. The van der Waals surface area contributed by atoms with Gasteiger partial charge in [-0.15, -0.1) is 0 Å². The first-order valence-corrected chi connectivity index (χ1v) is 29.7. The van der Waals surface area contributed by atoms with Crippen molar-refractivity contribution >= 4 is 60.3 Å². The Morgan fingerprint density at radius 1 is 0.867 bits per heavy atom. The normalized spacial score (nSPS) is 10.5. The molecule has 0 aromatic heterocycles. The van der Waals surface area contributed by atoms with Gasteiger partial charge in [0.05, 0.1) is 0 Å². The van der Waals surface area contributed by atoms with Crippen molar-refractivity contribution in [3.63, 3.8) is 0 Å². The van der Waals surface area contributed by atoms with Gasteiger partial charge in [0.1, 0.15) is 0 Å². The molecule has 0 radical (unpaired) electrons. The molecule has 7 heteroatoms. The van der Waals surface area contributed by atoms with Gasteiger partial charge in [0.15, 0.2) is 0 Å². The Bertz CT molecular complexity index is 261. The van der Waals surface area contributed by atoms with Crippen LogP contribution in [0, 0.1) is 0 Å². The molecule has 0 unspecified atom stereocenters. The quantitative estimate of drug-likeness (QED) is 0.531. The summed E-state index contributed by atoms with van der Waals surface area (Å²) in [5.41, 5.74) is 13.2. The molecule has 0 saturated carbocycles. The summed E-state index contributed by atoms with van der Waals surface area (Å²) in [7, 11) is -1.93. The molecule has 1 aromatic rings. The molecule has 0 aliphatic heterocycles. The van der Waals surface area contributed by atoms with Crippen LogP contribution in [0.4, 0.5) is 0 Å². The van der Waals surface area contributed by atoms with Crippen LogP contribution < -0.4 is 11.5 Å². The van der Waals surface area contributed by atoms with Crippen LogP contribution in [-0.2, 0) is 13.1 Å². The van der Waals surface area contributed by atoms with E-state index in [1.807, 2.05) is 24.3 Å². The monoisotopic (exact) mass is 572 g/mol. The Hall–Kier alpha value is 1.86. The third kappa shape index (κ3) is 10.7. The fourth-order valence-corrected chi connectivity index (χ4v) is 0.956. The van der Waals surface area contributed by atoms with E-state index in [0.29, 0.717) is 13.1 Å². The topological polar surface area (TPSA) is 52.0 Å². The molecule has 1 rings (SSSR count). The van der Waals surface area contributed by atoms with E-state index < -0.39 is 9.49 Å². The third-order valence-corrected chi connectivity index (χ3v) is 1.56. The number of rotatable bonds is 2. The van der Waals surface area contributed by atoms with E-state index in [-0.39, 0.29) is 0 Å². The second-order valence-electron chi connectivity index (χ2n) is 2.61. The summed E-state index contributed by atoms with van der Waals surface area (Å²) in [6.45, 7) is 1.15. The summed E-state index contributed by atoms with van der Waals surface area (Å²) < 4.78 is 0. The number of nitrogens with two attached hydrogens (primary N) is 2. The van der Waals surface area contributed by atoms with E-state index in [2.05, 4.69) is 50.8 Å². The van der Waals surface area contributed by atoms with Crippen molar-refractivity contribution in [1.29, 1.82) is 0 Å².